The minimum absolute atomic E-state index is 0.355. The smallest absolute Gasteiger partial charge is 0.356 e. The molecule has 29 heavy (non-hydrogen) atoms. The molecule has 2 heterocycles. The molecule has 0 spiro atoms. The number of nitrogens with zero attached hydrogens (tertiary/aromatic N) is 1. The molecule has 2 aromatic heterocycles. The van der Waals surface area contributed by atoms with Gasteiger partial charge in [-0.05, 0) is 49.9 Å². The summed E-state index contributed by atoms with van der Waals surface area (Å²) in [5, 5.41) is 4.95. The van der Waals surface area contributed by atoms with Crippen molar-refractivity contribution in [3.63, 3.8) is 0 Å². The molecule has 3 rings (SSSR count). The number of esters is 1. The number of carbonyl (C=O) groups is 2. The molecular weight excluding hydrogens is 388 g/mol. The third kappa shape index (κ3) is 4.45. The zero-order valence-electron chi connectivity index (χ0n) is 17.3. The second kappa shape index (κ2) is 8.29. The molecule has 0 aliphatic heterocycles. The Labute approximate surface area is 174 Å². The largest absolute Gasteiger partial charge is 0.497 e. The first-order valence-corrected chi connectivity index (χ1v) is 10.3. The first-order chi connectivity index (χ1) is 13.8. The summed E-state index contributed by atoms with van der Waals surface area (Å²) in [6, 6.07) is 10.7. The van der Waals surface area contributed by atoms with Crippen molar-refractivity contribution < 1.29 is 19.1 Å². The molecule has 0 saturated carbocycles. The zero-order valence-corrected chi connectivity index (χ0v) is 18.1. The second-order valence-corrected chi connectivity index (χ2v) is 8.49. The summed E-state index contributed by atoms with van der Waals surface area (Å²) in [6.45, 7) is 5.86. The Hall–Kier alpha value is -2.80. The maximum absolute atomic E-state index is 13.0. The van der Waals surface area contributed by atoms with Gasteiger partial charge >= 0.3 is 5.97 Å². The number of carbonyl (C=O) groups excluding carboxylic acids is 2. The van der Waals surface area contributed by atoms with E-state index in [-0.39, 0.29) is 5.91 Å². The molecule has 0 radical (unpaired) electrons. The van der Waals surface area contributed by atoms with Crippen molar-refractivity contribution in [3.8, 4) is 5.75 Å². The summed E-state index contributed by atoms with van der Waals surface area (Å²) >= 11 is 1.55. The quantitative estimate of drug-likeness (QED) is 0.580. The standard InChI is InChI=1S/C22H26N2O4S/c1-6-22(2,3)23-20(25)19(14-7-9-15(27-5)10-8-14)28-21(26)17-13-18-16(24(17)4)11-12-29-18/h7-13,19H,6H2,1-5H3,(H,23,25)/t19-/m1/s1. The third-order valence-electron chi connectivity index (χ3n) is 5.10. The number of hydrogen-bond acceptors (Lipinski definition) is 5. The van der Waals surface area contributed by atoms with Gasteiger partial charge in [-0.25, -0.2) is 4.79 Å². The molecule has 7 heteroatoms. The van der Waals surface area contributed by atoms with Crippen LogP contribution in [0.2, 0.25) is 0 Å². The van der Waals surface area contributed by atoms with E-state index < -0.39 is 17.6 Å². The summed E-state index contributed by atoms with van der Waals surface area (Å²) in [6.07, 6.45) is -0.317. The maximum atomic E-state index is 13.0. The number of aromatic nitrogens is 1. The Morgan fingerprint density at radius 3 is 2.48 bits per heavy atom. The molecule has 0 aliphatic carbocycles. The highest BCUT2D eigenvalue weighted by molar-refractivity contribution is 7.17. The summed E-state index contributed by atoms with van der Waals surface area (Å²) in [5.74, 6) is -0.233. The molecule has 1 amide bonds. The lowest BCUT2D eigenvalue weighted by Crippen LogP contribution is -2.45. The number of benzene rings is 1. The van der Waals surface area contributed by atoms with Crippen LogP contribution in [0.25, 0.3) is 10.2 Å². The van der Waals surface area contributed by atoms with Gasteiger partial charge in [-0.2, -0.15) is 0 Å². The number of thiophene rings is 1. The molecule has 0 fully saturated rings. The fourth-order valence-corrected chi connectivity index (χ4v) is 3.80. The van der Waals surface area contributed by atoms with E-state index in [1.165, 1.54) is 0 Å². The van der Waals surface area contributed by atoms with Crippen molar-refractivity contribution in [2.24, 2.45) is 7.05 Å². The second-order valence-electron chi connectivity index (χ2n) is 7.54. The fourth-order valence-electron chi connectivity index (χ4n) is 2.95. The van der Waals surface area contributed by atoms with Gasteiger partial charge in [-0.1, -0.05) is 19.1 Å². The molecule has 3 aromatic rings. The van der Waals surface area contributed by atoms with Crippen LogP contribution in [0.4, 0.5) is 0 Å². The Kier molecular flexibility index (Phi) is 5.98. The van der Waals surface area contributed by atoms with Crippen molar-refractivity contribution in [3.05, 3.63) is 53.0 Å². The Morgan fingerprint density at radius 2 is 1.90 bits per heavy atom. The van der Waals surface area contributed by atoms with E-state index in [4.69, 9.17) is 9.47 Å². The molecule has 0 aliphatic rings. The van der Waals surface area contributed by atoms with Gasteiger partial charge in [0.15, 0.2) is 0 Å². The van der Waals surface area contributed by atoms with Gasteiger partial charge in [0.1, 0.15) is 11.4 Å². The number of aryl methyl sites for hydroxylation is 1. The van der Waals surface area contributed by atoms with Crippen LogP contribution in [0, 0.1) is 0 Å². The van der Waals surface area contributed by atoms with Crippen LogP contribution in [0.3, 0.4) is 0 Å². The predicted molar refractivity (Wildman–Crippen MR) is 114 cm³/mol. The highest BCUT2D eigenvalue weighted by atomic mass is 32.1. The van der Waals surface area contributed by atoms with E-state index >= 15 is 0 Å². The van der Waals surface area contributed by atoms with Crippen LogP contribution in [0.15, 0.2) is 41.8 Å². The average Bonchev–Trinajstić information content (AvgIpc) is 3.28. The highest BCUT2D eigenvalue weighted by Crippen LogP contribution is 2.27. The molecule has 0 saturated heterocycles. The van der Waals surface area contributed by atoms with Crippen LogP contribution in [0.1, 0.15) is 49.3 Å². The third-order valence-corrected chi connectivity index (χ3v) is 5.95. The maximum Gasteiger partial charge on any atom is 0.356 e. The molecule has 1 N–H and O–H groups in total. The van der Waals surface area contributed by atoms with Crippen LogP contribution < -0.4 is 10.1 Å². The van der Waals surface area contributed by atoms with E-state index in [1.807, 2.05) is 39.3 Å². The molecule has 154 valence electrons. The summed E-state index contributed by atoms with van der Waals surface area (Å²) < 4.78 is 13.7. The summed E-state index contributed by atoms with van der Waals surface area (Å²) in [4.78, 5) is 26.0. The minimum atomic E-state index is -1.06. The average molecular weight is 415 g/mol. The van der Waals surface area contributed by atoms with E-state index in [0.717, 1.165) is 16.6 Å². The molecule has 0 unspecified atom stereocenters. The Morgan fingerprint density at radius 1 is 1.21 bits per heavy atom. The SMILES string of the molecule is CCC(C)(C)NC(=O)[C@H](OC(=O)c1cc2sccc2n1C)c1ccc(OC)cc1. The summed E-state index contributed by atoms with van der Waals surface area (Å²) in [5.41, 5.74) is 1.54. The van der Waals surface area contributed by atoms with Gasteiger partial charge in [-0.3, -0.25) is 4.79 Å². The number of methoxy groups -OCH3 is 1. The van der Waals surface area contributed by atoms with E-state index in [1.54, 1.807) is 53.3 Å². The topological polar surface area (TPSA) is 69.6 Å². The van der Waals surface area contributed by atoms with Gasteiger partial charge in [0, 0.05) is 18.2 Å². The Bertz CT molecular complexity index is 1020. The van der Waals surface area contributed by atoms with Gasteiger partial charge in [0.2, 0.25) is 6.10 Å². The molecule has 6 nitrogen and oxygen atoms in total. The number of ether oxygens (including phenoxy) is 2. The fraction of sp³-hybridized carbons (Fsp3) is 0.364. The van der Waals surface area contributed by atoms with Gasteiger partial charge in [0.05, 0.1) is 17.3 Å². The van der Waals surface area contributed by atoms with Crippen LogP contribution in [-0.4, -0.2) is 29.1 Å². The number of rotatable bonds is 7. The van der Waals surface area contributed by atoms with Crippen molar-refractivity contribution in [2.75, 3.05) is 7.11 Å². The Balaban J connectivity index is 1.90. The molecule has 1 atom stereocenters. The monoisotopic (exact) mass is 414 g/mol. The van der Waals surface area contributed by atoms with Crippen molar-refractivity contribution in [1.29, 1.82) is 0 Å². The van der Waals surface area contributed by atoms with E-state index in [2.05, 4.69) is 5.32 Å². The number of amides is 1. The minimum Gasteiger partial charge on any atom is -0.497 e. The van der Waals surface area contributed by atoms with Gasteiger partial charge in [0.25, 0.3) is 5.91 Å². The first kappa shape index (κ1) is 20.9. The first-order valence-electron chi connectivity index (χ1n) is 9.45. The number of fused-ring (bicyclic) bond motifs is 1. The normalized spacial score (nSPS) is 12.6. The van der Waals surface area contributed by atoms with Crippen molar-refractivity contribution in [2.45, 2.75) is 38.8 Å². The van der Waals surface area contributed by atoms with Crippen LogP contribution in [0.5, 0.6) is 5.75 Å². The lowest BCUT2D eigenvalue weighted by atomic mass is 10.0. The van der Waals surface area contributed by atoms with Crippen LogP contribution >= 0.6 is 11.3 Å². The van der Waals surface area contributed by atoms with Crippen LogP contribution in [-0.2, 0) is 16.6 Å². The lowest BCUT2D eigenvalue weighted by Gasteiger charge is -2.27. The number of nitrogens with one attached hydrogen (secondary N) is 1. The number of hydrogen-bond donors (Lipinski definition) is 1. The predicted octanol–water partition coefficient (Wildman–Crippen LogP) is 4.45. The van der Waals surface area contributed by atoms with Crippen molar-refractivity contribution in [1.82, 2.24) is 9.88 Å². The highest BCUT2D eigenvalue weighted by Gasteiger charge is 2.30. The van der Waals surface area contributed by atoms with Gasteiger partial charge in [-0.15, -0.1) is 11.3 Å². The molecular formula is C22H26N2O4S. The zero-order chi connectivity index (χ0) is 21.2. The van der Waals surface area contributed by atoms with E-state index in [9.17, 15) is 9.59 Å². The molecule has 0 bridgehead atoms. The van der Waals surface area contributed by atoms with E-state index in [0.29, 0.717) is 17.0 Å². The van der Waals surface area contributed by atoms with Crippen molar-refractivity contribution >= 4 is 33.4 Å². The summed E-state index contributed by atoms with van der Waals surface area (Å²) in [7, 11) is 3.39. The molecule has 1 aromatic carbocycles. The van der Waals surface area contributed by atoms with Gasteiger partial charge < -0.3 is 19.4 Å². The lowest BCUT2D eigenvalue weighted by molar-refractivity contribution is -0.132.